The second-order valence-electron chi connectivity index (χ2n) is 4.23. The molecule has 0 saturated heterocycles. The fourth-order valence-electron chi connectivity index (χ4n) is 1.84. The van der Waals surface area contributed by atoms with E-state index < -0.39 is 11.6 Å². The third-order valence-electron chi connectivity index (χ3n) is 3.02. The molecule has 0 aromatic heterocycles. The molecule has 1 aromatic carbocycles. The molecule has 0 saturated carbocycles. The number of ether oxygens (including phenoxy) is 1. The Morgan fingerprint density at radius 1 is 1.39 bits per heavy atom. The van der Waals surface area contributed by atoms with Crippen LogP contribution in [0.3, 0.4) is 0 Å². The maximum absolute atomic E-state index is 11.6. The minimum atomic E-state index is -1.26. The standard InChI is InChI=1S/C15H20O3/c1-4-6-11-18-15(5-2,14(16)17)13-9-7-12(3)8-10-13/h4,6-10H,5,11H2,1-3H3,(H,16,17). The van der Waals surface area contributed by atoms with Crippen molar-refractivity contribution in [3.63, 3.8) is 0 Å². The van der Waals surface area contributed by atoms with E-state index in [9.17, 15) is 9.90 Å². The average molecular weight is 248 g/mol. The number of benzene rings is 1. The number of carbonyl (C=O) groups is 1. The Kier molecular flexibility index (Phi) is 5.10. The third kappa shape index (κ3) is 2.99. The number of aliphatic carboxylic acids is 1. The number of hydrogen-bond acceptors (Lipinski definition) is 2. The summed E-state index contributed by atoms with van der Waals surface area (Å²) in [6, 6.07) is 7.45. The van der Waals surface area contributed by atoms with Crippen LogP contribution in [0.4, 0.5) is 0 Å². The van der Waals surface area contributed by atoms with Crippen molar-refractivity contribution >= 4 is 5.97 Å². The number of hydrogen-bond donors (Lipinski definition) is 1. The molecule has 3 heteroatoms. The fourth-order valence-corrected chi connectivity index (χ4v) is 1.84. The molecule has 1 N–H and O–H groups in total. The maximum Gasteiger partial charge on any atom is 0.340 e. The minimum absolute atomic E-state index is 0.296. The lowest BCUT2D eigenvalue weighted by atomic mass is 9.90. The molecule has 0 radical (unpaired) electrons. The Balaban J connectivity index is 3.09. The van der Waals surface area contributed by atoms with Crippen molar-refractivity contribution in [3.8, 4) is 0 Å². The van der Waals surface area contributed by atoms with Crippen LogP contribution in [0.1, 0.15) is 31.4 Å². The highest BCUT2D eigenvalue weighted by molar-refractivity contribution is 5.79. The molecule has 1 rings (SSSR count). The van der Waals surface area contributed by atoms with Crippen LogP contribution < -0.4 is 0 Å². The van der Waals surface area contributed by atoms with Gasteiger partial charge in [-0.1, -0.05) is 48.9 Å². The van der Waals surface area contributed by atoms with Gasteiger partial charge in [0.15, 0.2) is 5.60 Å². The van der Waals surface area contributed by atoms with Crippen molar-refractivity contribution in [2.45, 2.75) is 32.8 Å². The summed E-state index contributed by atoms with van der Waals surface area (Å²) in [5.41, 5.74) is 0.530. The number of carboxylic acid groups (broad SMARTS) is 1. The molecule has 0 amide bonds. The van der Waals surface area contributed by atoms with E-state index in [0.717, 1.165) is 5.56 Å². The van der Waals surface area contributed by atoms with Gasteiger partial charge in [-0.15, -0.1) is 0 Å². The summed E-state index contributed by atoms with van der Waals surface area (Å²) >= 11 is 0. The van der Waals surface area contributed by atoms with Gasteiger partial charge in [0.1, 0.15) is 0 Å². The lowest BCUT2D eigenvalue weighted by molar-refractivity contribution is -0.166. The highest BCUT2D eigenvalue weighted by Gasteiger charge is 2.39. The molecule has 18 heavy (non-hydrogen) atoms. The van der Waals surface area contributed by atoms with E-state index in [0.29, 0.717) is 18.6 Å². The molecule has 98 valence electrons. The van der Waals surface area contributed by atoms with Crippen molar-refractivity contribution in [3.05, 3.63) is 47.5 Å². The topological polar surface area (TPSA) is 46.5 Å². The highest BCUT2D eigenvalue weighted by Crippen LogP contribution is 2.30. The molecule has 0 heterocycles. The van der Waals surface area contributed by atoms with Gasteiger partial charge >= 0.3 is 5.97 Å². The molecule has 0 fully saturated rings. The van der Waals surface area contributed by atoms with Crippen molar-refractivity contribution in [1.82, 2.24) is 0 Å². The molecule has 0 aliphatic heterocycles. The summed E-state index contributed by atoms with van der Waals surface area (Å²) in [7, 11) is 0. The second-order valence-corrected chi connectivity index (χ2v) is 4.23. The second kappa shape index (κ2) is 6.36. The number of aryl methyl sites for hydroxylation is 1. The van der Waals surface area contributed by atoms with Crippen molar-refractivity contribution in [1.29, 1.82) is 0 Å². The Morgan fingerprint density at radius 3 is 2.44 bits per heavy atom. The highest BCUT2D eigenvalue weighted by atomic mass is 16.5. The molecular formula is C15H20O3. The third-order valence-corrected chi connectivity index (χ3v) is 3.02. The minimum Gasteiger partial charge on any atom is -0.479 e. The zero-order valence-electron chi connectivity index (χ0n) is 11.1. The van der Waals surface area contributed by atoms with E-state index >= 15 is 0 Å². The molecular weight excluding hydrogens is 228 g/mol. The normalized spacial score (nSPS) is 14.6. The zero-order valence-corrected chi connectivity index (χ0v) is 11.1. The fraction of sp³-hybridized carbons (Fsp3) is 0.400. The first-order valence-electron chi connectivity index (χ1n) is 6.12. The van der Waals surface area contributed by atoms with Crippen LogP contribution in [0.25, 0.3) is 0 Å². The van der Waals surface area contributed by atoms with Crippen LogP contribution in [0.2, 0.25) is 0 Å². The Labute approximate surface area is 108 Å². The summed E-state index contributed by atoms with van der Waals surface area (Å²) in [6.45, 7) is 5.97. The first-order chi connectivity index (χ1) is 8.56. The quantitative estimate of drug-likeness (QED) is 0.786. The molecule has 0 spiro atoms. The van der Waals surface area contributed by atoms with Gasteiger partial charge in [0, 0.05) is 0 Å². The lowest BCUT2D eigenvalue weighted by Gasteiger charge is -2.28. The van der Waals surface area contributed by atoms with Gasteiger partial charge in [-0.3, -0.25) is 0 Å². The molecule has 0 bridgehead atoms. The van der Waals surface area contributed by atoms with Gasteiger partial charge in [-0.25, -0.2) is 4.79 Å². The first kappa shape index (κ1) is 14.5. The van der Waals surface area contributed by atoms with E-state index in [2.05, 4.69) is 0 Å². The van der Waals surface area contributed by atoms with Crippen LogP contribution in [0, 0.1) is 6.92 Å². The van der Waals surface area contributed by atoms with E-state index in [1.54, 1.807) is 0 Å². The van der Waals surface area contributed by atoms with E-state index in [-0.39, 0.29) is 0 Å². The van der Waals surface area contributed by atoms with E-state index in [4.69, 9.17) is 4.74 Å². The van der Waals surface area contributed by atoms with Gasteiger partial charge < -0.3 is 9.84 Å². The molecule has 1 aromatic rings. The SMILES string of the molecule is CC=CCOC(CC)(C(=O)O)c1ccc(C)cc1. The predicted molar refractivity (Wildman–Crippen MR) is 71.5 cm³/mol. The zero-order chi connectivity index (χ0) is 13.6. The van der Waals surface area contributed by atoms with Gasteiger partial charge in [-0.05, 0) is 25.8 Å². The maximum atomic E-state index is 11.6. The summed E-state index contributed by atoms with van der Waals surface area (Å²) in [5.74, 6) is -0.946. The number of carboxylic acids is 1. The van der Waals surface area contributed by atoms with Gasteiger partial charge in [0.05, 0.1) is 6.61 Å². The molecule has 1 atom stereocenters. The van der Waals surface area contributed by atoms with Crippen LogP contribution >= 0.6 is 0 Å². The summed E-state index contributed by atoms with van der Waals surface area (Å²) in [6.07, 6.45) is 4.04. The Hall–Kier alpha value is -1.61. The van der Waals surface area contributed by atoms with Gasteiger partial charge in [-0.2, -0.15) is 0 Å². The molecule has 3 nitrogen and oxygen atoms in total. The monoisotopic (exact) mass is 248 g/mol. The molecule has 0 aliphatic carbocycles. The van der Waals surface area contributed by atoms with Crippen LogP contribution in [-0.2, 0) is 15.1 Å². The van der Waals surface area contributed by atoms with Gasteiger partial charge in [0.25, 0.3) is 0 Å². The van der Waals surface area contributed by atoms with Crippen LogP contribution in [0.15, 0.2) is 36.4 Å². The Morgan fingerprint density at radius 2 is 2.00 bits per heavy atom. The van der Waals surface area contributed by atoms with Gasteiger partial charge in [0.2, 0.25) is 0 Å². The average Bonchev–Trinajstić information content (AvgIpc) is 2.36. The lowest BCUT2D eigenvalue weighted by Crippen LogP contribution is -2.38. The summed E-state index contributed by atoms with van der Waals surface area (Å²) < 4.78 is 5.62. The van der Waals surface area contributed by atoms with Crippen molar-refractivity contribution < 1.29 is 14.6 Å². The van der Waals surface area contributed by atoms with Crippen molar-refractivity contribution in [2.24, 2.45) is 0 Å². The first-order valence-corrected chi connectivity index (χ1v) is 6.12. The van der Waals surface area contributed by atoms with Crippen LogP contribution in [0.5, 0.6) is 0 Å². The largest absolute Gasteiger partial charge is 0.479 e. The van der Waals surface area contributed by atoms with E-state index in [1.165, 1.54) is 0 Å². The predicted octanol–water partition coefficient (Wildman–Crippen LogP) is 3.28. The number of rotatable bonds is 6. The number of allylic oxidation sites excluding steroid dienone is 1. The Bertz CT molecular complexity index is 420. The van der Waals surface area contributed by atoms with Crippen molar-refractivity contribution in [2.75, 3.05) is 6.61 Å². The van der Waals surface area contributed by atoms with E-state index in [1.807, 2.05) is 57.2 Å². The smallest absolute Gasteiger partial charge is 0.340 e. The summed E-state index contributed by atoms with van der Waals surface area (Å²) in [4.78, 5) is 11.6. The molecule has 1 unspecified atom stereocenters. The summed E-state index contributed by atoms with van der Waals surface area (Å²) in [5, 5.41) is 9.50. The molecule has 0 aliphatic rings. The van der Waals surface area contributed by atoms with Crippen LogP contribution in [-0.4, -0.2) is 17.7 Å².